The number of rotatable bonds is 0. The predicted molar refractivity (Wildman–Crippen MR) is 84.2 cm³/mol. The molecule has 2 fully saturated rings. The molecule has 2 aliphatic carbocycles. The lowest BCUT2D eigenvalue weighted by Gasteiger charge is -2.19. The van der Waals surface area contributed by atoms with Gasteiger partial charge in [0.1, 0.15) is 0 Å². The summed E-state index contributed by atoms with van der Waals surface area (Å²) in [6, 6.07) is 0. The summed E-state index contributed by atoms with van der Waals surface area (Å²) in [5, 5.41) is 0. The van der Waals surface area contributed by atoms with Crippen LogP contribution < -0.4 is 0 Å². The number of carbonyl (C=O) groups excluding carboxylic acids is 4. The highest BCUT2D eigenvalue weighted by Gasteiger charge is 2.38. The molecule has 1 saturated heterocycles. The summed E-state index contributed by atoms with van der Waals surface area (Å²) in [6.45, 7) is 8.07. The van der Waals surface area contributed by atoms with Crippen LogP contribution in [0.4, 0.5) is 0 Å². The molecule has 0 aromatic rings. The maximum atomic E-state index is 10.2. The van der Waals surface area contributed by atoms with Crippen LogP contribution in [0, 0.1) is 23.7 Å². The van der Waals surface area contributed by atoms with E-state index in [1.807, 2.05) is 0 Å². The van der Waals surface area contributed by atoms with E-state index in [4.69, 9.17) is 0 Å². The first kappa shape index (κ1) is 17.8. The zero-order valence-electron chi connectivity index (χ0n) is 13.7. The quantitative estimate of drug-likeness (QED) is 0.292. The van der Waals surface area contributed by atoms with Crippen LogP contribution in [0.25, 0.3) is 0 Å². The molecular weight excluding hydrogens is 312 g/mol. The molecule has 1 saturated carbocycles. The van der Waals surface area contributed by atoms with Crippen molar-refractivity contribution in [2.75, 3.05) is 0 Å². The monoisotopic (exact) mass is 332 g/mol. The van der Waals surface area contributed by atoms with E-state index in [9.17, 15) is 19.2 Å². The summed E-state index contributed by atoms with van der Waals surface area (Å²) >= 11 is 0. The van der Waals surface area contributed by atoms with Crippen LogP contribution in [0.3, 0.4) is 0 Å². The largest absolute Gasteiger partial charge is 0.389 e. The SMILES string of the molecule is C=C1CC(=O)OC1=O.CC1C2C=CC(C2)C1C.O=C1C=CC(=O)O1. The van der Waals surface area contributed by atoms with Gasteiger partial charge in [-0.3, -0.25) is 4.79 Å². The first-order valence-electron chi connectivity index (χ1n) is 7.83. The van der Waals surface area contributed by atoms with Gasteiger partial charge in [0.05, 0.1) is 6.42 Å². The smallest absolute Gasteiger partial charge is 0.341 e. The van der Waals surface area contributed by atoms with Crippen LogP contribution in [0.2, 0.25) is 0 Å². The summed E-state index contributed by atoms with van der Waals surface area (Å²) < 4.78 is 8.07. The van der Waals surface area contributed by atoms with Gasteiger partial charge < -0.3 is 9.47 Å². The fourth-order valence-corrected chi connectivity index (χ4v) is 3.08. The van der Waals surface area contributed by atoms with Gasteiger partial charge in [-0.05, 0) is 30.1 Å². The Morgan fingerprint density at radius 1 is 0.917 bits per heavy atom. The average molecular weight is 332 g/mol. The van der Waals surface area contributed by atoms with Crippen molar-refractivity contribution in [2.24, 2.45) is 23.7 Å². The van der Waals surface area contributed by atoms with E-state index in [-0.39, 0.29) is 12.0 Å². The molecule has 2 aliphatic heterocycles. The van der Waals surface area contributed by atoms with Crippen LogP contribution in [0.5, 0.6) is 0 Å². The van der Waals surface area contributed by atoms with Crippen molar-refractivity contribution >= 4 is 23.9 Å². The third-order valence-corrected chi connectivity index (χ3v) is 4.74. The van der Waals surface area contributed by atoms with Crippen molar-refractivity contribution in [2.45, 2.75) is 26.7 Å². The zero-order valence-corrected chi connectivity index (χ0v) is 13.7. The second-order valence-electron chi connectivity index (χ2n) is 6.28. The molecule has 2 heterocycles. The normalized spacial score (nSPS) is 32.2. The molecule has 4 aliphatic rings. The summed E-state index contributed by atoms with van der Waals surface area (Å²) in [6.07, 6.45) is 8.50. The van der Waals surface area contributed by atoms with Crippen molar-refractivity contribution in [1.29, 1.82) is 0 Å². The summed E-state index contributed by atoms with van der Waals surface area (Å²) in [4.78, 5) is 40.2. The number of ether oxygens (including phenoxy) is 2. The highest BCUT2D eigenvalue weighted by atomic mass is 16.6. The first-order chi connectivity index (χ1) is 11.3. The van der Waals surface area contributed by atoms with Crippen LogP contribution >= 0.6 is 0 Å². The van der Waals surface area contributed by atoms with Crippen LogP contribution in [0.1, 0.15) is 26.7 Å². The van der Waals surface area contributed by atoms with E-state index in [0.29, 0.717) is 0 Å². The molecule has 0 N–H and O–H groups in total. The molecular formula is C18H20O6. The standard InChI is InChI=1S/C9H14.C5H4O3.C4H2O3/c1-6-7(2)9-4-3-8(6)5-9;1-3-2-4(6)8-5(3)7;5-3-1-2-4(6)7-3/h3-4,6-9H,5H2,1-2H3;1-2H2;1-2H. The van der Waals surface area contributed by atoms with Gasteiger partial charge in [-0.2, -0.15) is 0 Å². The van der Waals surface area contributed by atoms with E-state index >= 15 is 0 Å². The lowest BCUT2D eigenvalue weighted by Crippen LogP contribution is -2.12. The minimum atomic E-state index is -0.588. The van der Waals surface area contributed by atoms with E-state index < -0.39 is 23.9 Å². The summed E-state index contributed by atoms with van der Waals surface area (Å²) in [5.41, 5.74) is 0.245. The van der Waals surface area contributed by atoms with Gasteiger partial charge in [0.2, 0.25) is 0 Å². The molecule has 0 spiro atoms. The van der Waals surface area contributed by atoms with Gasteiger partial charge in [0.25, 0.3) is 0 Å². The Balaban J connectivity index is 0.000000132. The van der Waals surface area contributed by atoms with E-state index in [1.165, 1.54) is 6.42 Å². The molecule has 0 amide bonds. The molecule has 0 radical (unpaired) electrons. The minimum Gasteiger partial charge on any atom is -0.389 e. The van der Waals surface area contributed by atoms with Crippen LogP contribution in [-0.4, -0.2) is 23.9 Å². The third kappa shape index (κ3) is 4.28. The average Bonchev–Trinajstić information content (AvgIpc) is 3.25. The maximum Gasteiger partial charge on any atom is 0.341 e. The molecule has 0 aromatic carbocycles. The molecule has 6 nitrogen and oxygen atoms in total. The Morgan fingerprint density at radius 3 is 1.58 bits per heavy atom. The number of carbonyl (C=O) groups is 4. The number of esters is 4. The van der Waals surface area contributed by atoms with E-state index in [1.54, 1.807) is 0 Å². The Bertz CT molecular complexity index is 592. The number of allylic oxidation sites excluding steroid dienone is 2. The van der Waals surface area contributed by atoms with Gasteiger partial charge >= 0.3 is 23.9 Å². The zero-order chi connectivity index (χ0) is 17.9. The molecule has 0 aromatic heterocycles. The van der Waals surface area contributed by atoms with Crippen molar-refractivity contribution in [1.82, 2.24) is 0 Å². The number of fused-ring (bicyclic) bond motifs is 2. The highest BCUT2D eigenvalue weighted by molar-refractivity contribution is 6.05. The van der Waals surface area contributed by atoms with Crippen molar-refractivity contribution in [3.63, 3.8) is 0 Å². The minimum absolute atomic E-state index is 0.0544. The number of hydrogen-bond donors (Lipinski definition) is 0. The van der Waals surface area contributed by atoms with E-state index in [2.05, 4.69) is 42.1 Å². The molecule has 4 rings (SSSR count). The molecule has 2 bridgehead atoms. The second kappa shape index (κ2) is 7.38. The summed E-state index contributed by atoms with van der Waals surface area (Å²) in [5.74, 6) is 1.54. The molecule has 24 heavy (non-hydrogen) atoms. The van der Waals surface area contributed by atoms with Crippen molar-refractivity contribution in [3.05, 3.63) is 36.5 Å². The van der Waals surface area contributed by atoms with Gasteiger partial charge in [-0.1, -0.05) is 32.6 Å². The fraction of sp³-hybridized carbons (Fsp3) is 0.444. The lowest BCUT2D eigenvalue weighted by molar-refractivity contribution is -0.152. The first-order valence-corrected chi connectivity index (χ1v) is 7.83. The molecule has 6 heteroatoms. The second-order valence-corrected chi connectivity index (χ2v) is 6.28. The maximum absolute atomic E-state index is 10.2. The van der Waals surface area contributed by atoms with Gasteiger partial charge in [0.15, 0.2) is 0 Å². The number of cyclic esters (lactones) is 4. The topological polar surface area (TPSA) is 86.7 Å². The van der Waals surface area contributed by atoms with Crippen LogP contribution in [0.15, 0.2) is 36.5 Å². The van der Waals surface area contributed by atoms with Crippen LogP contribution in [-0.2, 0) is 28.7 Å². The Labute approximate surface area is 140 Å². The molecule has 4 atom stereocenters. The lowest BCUT2D eigenvalue weighted by atomic mass is 9.86. The van der Waals surface area contributed by atoms with E-state index in [0.717, 1.165) is 35.8 Å². The Kier molecular flexibility index (Phi) is 5.49. The fourth-order valence-electron chi connectivity index (χ4n) is 3.08. The predicted octanol–water partition coefficient (Wildman–Crippen LogP) is 2.11. The Hall–Kier alpha value is -2.50. The highest BCUT2D eigenvalue weighted by Crippen LogP contribution is 2.47. The van der Waals surface area contributed by atoms with Crippen molar-refractivity contribution < 1.29 is 28.7 Å². The van der Waals surface area contributed by atoms with Crippen molar-refractivity contribution in [3.8, 4) is 0 Å². The Morgan fingerprint density at radius 2 is 1.42 bits per heavy atom. The van der Waals surface area contributed by atoms with Gasteiger partial charge in [-0.25, -0.2) is 14.4 Å². The number of hydrogen-bond acceptors (Lipinski definition) is 6. The molecule has 128 valence electrons. The molecule has 4 unspecified atom stereocenters. The van der Waals surface area contributed by atoms with Gasteiger partial charge in [-0.15, -0.1) is 0 Å². The third-order valence-electron chi connectivity index (χ3n) is 4.74. The summed E-state index contributed by atoms with van der Waals surface area (Å²) in [7, 11) is 0. The van der Waals surface area contributed by atoms with Gasteiger partial charge in [0, 0.05) is 17.7 Å².